The monoisotopic (exact) mass is 483 g/mol. The molecule has 3 rings (SSSR count). The first-order valence-electron chi connectivity index (χ1n) is 8.47. The molecule has 2 heterocycles. The highest BCUT2D eigenvalue weighted by Crippen LogP contribution is 2.17. The summed E-state index contributed by atoms with van der Waals surface area (Å²) >= 11 is 1.68. The average molecular weight is 483 g/mol. The smallest absolute Gasteiger partial charge is 0.194 e. The van der Waals surface area contributed by atoms with Crippen molar-refractivity contribution in [2.24, 2.45) is 4.99 Å². The molecule has 1 N–H and O–H groups in total. The molecular formula is C19H26IN5S. The zero-order valence-electron chi connectivity index (χ0n) is 15.5. The van der Waals surface area contributed by atoms with Crippen molar-refractivity contribution in [1.82, 2.24) is 15.2 Å². The van der Waals surface area contributed by atoms with E-state index in [1.165, 1.54) is 11.3 Å². The highest BCUT2D eigenvalue weighted by molar-refractivity contribution is 14.0. The third-order valence-electron chi connectivity index (χ3n) is 4.21. The van der Waals surface area contributed by atoms with Crippen molar-refractivity contribution in [3.05, 3.63) is 58.1 Å². The van der Waals surface area contributed by atoms with Gasteiger partial charge in [0, 0.05) is 44.8 Å². The van der Waals surface area contributed by atoms with E-state index in [0.717, 1.165) is 42.8 Å². The molecule has 140 valence electrons. The number of aryl methyl sites for hydroxylation is 1. The summed E-state index contributed by atoms with van der Waals surface area (Å²) in [5, 5.41) is 6.63. The summed E-state index contributed by atoms with van der Waals surface area (Å²) in [4.78, 5) is 13.3. The first kappa shape index (κ1) is 20.7. The van der Waals surface area contributed by atoms with Gasteiger partial charge in [-0.25, -0.2) is 4.98 Å². The molecule has 26 heavy (non-hydrogen) atoms. The third kappa shape index (κ3) is 5.44. The number of halogens is 1. The van der Waals surface area contributed by atoms with E-state index in [2.05, 4.69) is 66.9 Å². The summed E-state index contributed by atoms with van der Waals surface area (Å²) in [6, 6.07) is 8.73. The quantitative estimate of drug-likeness (QED) is 0.305. The predicted octanol–water partition coefficient (Wildman–Crippen LogP) is 3.65. The van der Waals surface area contributed by atoms with Gasteiger partial charge in [-0.2, -0.15) is 0 Å². The number of aromatic nitrogens is 1. The molecule has 1 aliphatic heterocycles. The Morgan fingerprint density at radius 3 is 2.54 bits per heavy atom. The molecule has 0 unspecified atom stereocenters. The number of hydrogen-bond acceptors (Lipinski definition) is 4. The van der Waals surface area contributed by atoms with E-state index in [1.807, 2.05) is 21.0 Å². The maximum atomic E-state index is 4.52. The van der Waals surface area contributed by atoms with Gasteiger partial charge >= 0.3 is 0 Å². The first-order valence-corrected chi connectivity index (χ1v) is 9.35. The molecule has 0 spiro atoms. The van der Waals surface area contributed by atoms with Gasteiger partial charge in [0.25, 0.3) is 0 Å². The molecule has 1 aromatic heterocycles. The normalized spacial score (nSPS) is 13.7. The fourth-order valence-corrected chi connectivity index (χ4v) is 3.48. The van der Waals surface area contributed by atoms with Gasteiger partial charge in [0.05, 0.1) is 17.2 Å². The number of benzene rings is 1. The van der Waals surface area contributed by atoms with Crippen LogP contribution in [-0.2, 0) is 13.1 Å². The molecule has 0 fully saturated rings. The molecule has 0 radical (unpaired) electrons. The average Bonchev–Trinajstić information content (AvgIpc) is 3.28. The van der Waals surface area contributed by atoms with E-state index in [9.17, 15) is 0 Å². The zero-order valence-corrected chi connectivity index (χ0v) is 18.6. The van der Waals surface area contributed by atoms with E-state index in [-0.39, 0.29) is 24.0 Å². The third-order valence-corrected chi connectivity index (χ3v) is 5.03. The number of guanidine groups is 1. The van der Waals surface area contributed by atoms with Crippen molar-refractivity contribution < 1.29 is 0 Å². The molecule has 1 aromatic carbocycles. The van der Waals surface area contributed by atoms with Gasteiger partial charge in [-0.1, -0.05) is 24.3 Å². The van der Waals surface area contributed by atoms with Crippen LogP contribution in [0.2, 0.25) is 0 Å². The largest absolute Gasteiger partial charge is 0.364 e. The molecule has 0 amide bonds. The lowest BCUT2D eigenvalue weighted by molar-refractivity contribution is 0.470. The standard InChI is InChI=1S/C19H25N5S.HI/c1-15-22-17(14-25-15)13-23(3)19(20-2)21-12-16-6-8-18(9-7-16)24-10-4-5-11-24;/h4-9,14H,10-13H2,1-3H3,(H,20,21);1H. The number of aliphatic imine (C=N–C) groups is 1. The van der Waals surface area contributed by atoms with Crippen LogP contribution < -0.4 is 10.2 Å². The van der Waals surface area contributed by atoms with Gasteiger partial charge in [-0.05, 0) is 24.6 Å². The minimum atomic E-state index is 0. The Labute approximate surface area is 176 Å². The lowest BCUT2D eigenvalue weighted by Gasteiger charge is -2.21. The van der Waals surface area contributed by atoms with Crippen LogP contribution in [0.1, 0.15) is 16.3 Å². The minimum Gasteiger partial charge on any atom is -0.364 e. The maximum absolute atomic E-state index is 4.52. The van der Waals surface area contributed by atoms with Crippen molar-refractivity contribution in [3.8, 4) is 0 Å². The highest BCUT2D eigenvalue weighted by atomic mass is 127. The number of nitrogens with one attached hydrogen (secondary N) is 1. The van der Waals surface area contributed by atoms with E-state index in [0.29, 0.717) is 0 Å². The fraction of sp³-hybridized carbons (Fsp3) is 0.368. The molecule has 2 aromatic rings. The van der Waals surface area contributed by atoms with Gasteiger partial charge in [-0.3, -0.25) is 4.99 Å². The van der Waals surface area contributed by atoms with Gasteiger partial charge in [0.15, 0.2) is 5.96 Å². The van der Waals surface area contributed by atoms with E-state index >= 15 is 0 Å². The second-order valence-electron chi connectivity index (χ2n) is 6.16. The van der Waals surface area contributed by atoms with E-state index in [1.54, 1.807) is 11.3 Å². The topological polar surface area (TPSA) is 43.8 Å². The molecule has 0 bridgehead atoms. The fourth-order valence-electron chi connectivity index (χ4n) is 2.88. The molecular weight excluding hydrogens is 457 g/mol. The Morgan fingerprint density at radius 2 is 1.96 bits per heavy atom. The van der Waals surface area contributed by atoms with E-state index in [4.69, 9.17) is 0 Å². The molecule has 0 saturated carbocycles. The van der Waals surface area contributed by atoms with Crippen molar-refractivity contribution in [2.75, 3.05) is 32.1 Å². The molecule has 7 heteroatoms. The van der Waals surface area contributed by atoms with Crippen LogP contribution >= 0.6 is 35.3 Å². The van der Waals surface area contributed by atoms with Crippen LogP contribution in [-0.4, -0.2) is 43.0 Å². The lowest BCUT2D eigenvalue weighted by Crippen LogP contribution is -2.38. The molecule has 0 saturated heterocycles. The number of anilines is 1. The predicted molar refractivity (Wildman–Crippen MR) is 122 cm³/mol. The maximum Gasteiger partial charge on any atom is 0.194 e. The summed E-state index contributed by atoms with van der Waals surface area (Å²) in [6.07, 6.45) is 4.41. The first-order chi connectivity index (χ1) is 12.2. The van der Waals surface area contributed by atoms with Crippen LogP contribution in [0.25, 0.3) is 0 Å². The summed E-state index contributed by atoms with van der Waals surface area (Å²) in [5.74, 6) is 0.874. The number of hydrogen-bond donors (Lipinski definition) is 1. The summed E-state index contributed by atoms with van der Waals surface area (Å²) in [6.45, 7) is 5.55. The van der Waals surface area contributed by atoms with Crippen LogP contribution in [0.5, 0.6) is 0 Å². The Balaban J connectivity index is 0.00000243. The Morgan fingerprint density at radius 1 is 1.27 bits per heavy atom. The Bertz CT molecular complexity index is 746. The Hall–Kier alpha value is -1.61. The summed E-state index contributed by atoms with van der Waals surface area (Å²) in [5.41, 5.74) is 3.60. The van der Waals surface area contributed by atoms with Crippen molar-refractivity contribution >= 4 is 47.0 Å². The second-order valence-corrected chi connectivity index (χ2v) is 7.22. The molecule has 0 aliphatic carbocycles. The van der Waals surface area contributed by atoms with Crippen molar-refractivity contribution in [3.63, 3.8) is 0 Å². The molecule has 5 nitrogen and oxygen atoms in total. The number of thiazole rings is 1. The van der Waals surface area contributed by atoms with Crippen LogP contribution in [0.15, 0.2) is 46.8 Å². The van der Waals surface area contributed by atoms with Gasteiger partial charge in [0.1, 0.15) is 0 Å². The zero-order chi connectivity index (χ0) is 17.6. The van der Waals surface area contributed by atoms with Gasteiger partial charge in [-0.15, -0.1) is 35.3 Å². The highest BCUT2D eigenvalue weighted by Gasteiger charge is 2.10. The number of rotatable bonds is 5. The second kappa shape index (κ2) is 9.91. The van der Waals surface area contributed by atoms with E-state index < -0.39 is 0 Å². The van der Waals surface area contributed by atoms with Crippen LogP contribution in [0.4, 0.5) is 5.69 Å². The minimum absolute atomic E-state index is 0. The van der Waals surface area contributed by atoms with Crippen LogP contribution in [0, 0.1) is 6.92 Å². The summed E-state index contributed by atoms with van der Waals surface area (Å²) in [7, 11) is 3.85. The number of nitrogens with zero attached hydrogens (tertiary/aromatic N) is 4. The van der Waals surface area contributed by atoms with Gasteiger partial charge < -0.3 is 15.1 Å². The Kier molecular flexibility index (Phi) is 7.89. The molecule has 1 aliphatic rings. The van der Waals surface area contributed by atoms with Crippen molar-refractivity contribution in [2.45, 2.75) is 20.0 Å². The van der Waals surface area contributed by atoms with Crippen molar-refractivity contribution in [1.29, 1.82) is 0 Å². The lowest BCUT2D eigenvalue weighted by atomic mass is 10.2. The SMILES string of the molecule is CN=C(NCc1ccc(N2CC=CC2)cc1)N(C)Cc1csc(C)n1.I. The van der Waals surface area contributed by atoms with Gasteiger partial charge in [0.2, 0.25) is 0 Å². The molecule has 0 atom stereocenters. The summed E-state index contributed by atoms with van der Waals surface area (Å²) < 4.78 is 0. The van der Waals surface area contributed by atoms with Crippen LogP contribution in [0.3, 0.4) is 0 Å².